The molecule has 0 spiro atoms. The fraction of sp³-hybridized carbons (Fsp3) is 0.478. The Bertz CT molecular complexity index is 933. The molecule has 0 bridgehead atoms. The molecule has 0 aliphatic heterocycles. The van der Waals surface area contributed by atoms with Crippen molar-refractivity contribution in [2.75, 3.05) is 13.1 Å². The number of halogens is 4. The summed E-state index contributed by atoms with van der Waals surface area (Å²) >= 11 is 10.9. The first-order valence-electron chi connectivity index (χ1n) is 10.3. The fourth-order valence-corrected chi connectivity index (χ4v) is 2.33. The monoisotopic (exact) mass is 534 g/mol. The molecule has 8 nitrogen and oxygen atoms in total. The molecule has 0 aliphatic rings. The Kier molecular flexibility index (Phi) is 18.5. The second kappa shape index (κ2) is 18.7. The minimum Gasteiger partial charge on any atom is -0.444 e. The fourth-order valence-electron chi connectivity index (χ4n) is 2.02. The number of carbonyl (C=O) groups is 1. The van der Waals surface area contributed by atoms with E-state index in [-0.39, 0.29) is 35.4 Å². The van der Waals surface area contributed by atoms with Crippen LogP contribution < -0.4 is 16.8 Å². The van der Waals surface area contributed by atoms with Crippen LogP contribution in [0.2, 0.25) is 10.0 Å². The molecule has 2 rings (SSSR count). The molecule has 2 aromatic heterocycles. The van der Waals surface area contributed by atoms with E-state index in [0.29, 0.717) is 0 Å². The van der Waals surface area contributed by atoms with E-state index < -0.39 is 23.3 Å². The molecule has 0 aromatic carbocycles. The molecule has 2 aromatic rings. The van der Waals surface area contributed by atoms with Crippen molar-refractivity contribution in [2.45, 2.75) is 59.6 Å². The molecule has 5 N–H and O–H groups in total. The molecule has 0 atom stereocenters. The lowest BCUT2D eigenvalue weighted by atomic mass is 10.2. The van der Waals surface area contributed by atoms with Gasteiger partial charge >= 0.3 is 6.09 Å². The van der Waals surface area contributed by atoms with Crippen molar-refractivity contribution < 1.29 is 18.3 Å². The molecule has 1 amide bonds. The number of rotatable bonds is 6. The molecule has 0 saturated heterocycles. The molecule has 35 heavy (non-hydrogen) atoms. The average Bonchev–Trinajstić information content (AvgIpc) is 2.77. The number of aromatic nitrogens is 2. The van der Waals surface area contributed by atoms with Crippen molar-refractivity contribution in [3.8, 4) is 6.07 Å². The van der Waals surface area contributed by atoms with Crippen molar-refractivity contribution in [1.29, 1.82) is 5.26 Å². The number of nitrogens with two attached hydrogens (primary N) is 2. The zero-order chi connectivity index (χ0) is 26.1. The number of unbranched alkanes of at least 4 members (excludes halogenated alkanes) is 2. The van der Waals surface area contributed by atoms with Crippen molar-refractivity contribution >= 4 is 29.3 Å². The van der Waals surface area contributed by atoms with Gasteiger partial charge in [-0.1, -0.05) is 37.0 Å². The summed E-state index contributed by atoms with van der Waals surface area (Å²) in [6, 6.07) is 4.20. The normalized spacial score (nSPS) is 9.83. The van der Waals surface area contributed by atoms with Gasteiger partial charge in [0.25, 0.3) is 0 Å². The predicted molar refractivity (Wildman–Crippen MR) is 135 cm³/mol. The molecule has 0 unspecified atom stereocenters. The van der Waals surface area contributed by atoms with E-state index in [9.17, 15) is 13.6 Å². The van der Waals surface area contributed by atoms with Crippen LogP contribution in [-0.2, 0) is 11.3 Å². The van der Waals surface area contributed by atoms with E-state index in [2.05, 4.69) is 15.3 Å². The summed E-state index contributed by atoms with van der Waals surface area (Å²) < 4.78 is 31.0. The Balaban J connectivity index is 0. The molecule has 0 fully saturated rings. The smallest absolute Gasteiger partial charge is 0.407 e. The van der Waals surface area contributed by atoms with Crippen LogP contribution in [0.15, 0.2) is 24.5 Å². The molecule has 2 heterocycles. The van der Waals surface area contributed by atoms with Crippen molar-refractivity contribution in [1.82, 2.24) is 15.3 Å². The van der Waals surface area contributed by atoms with Gasteiger partial charge in [0.05, 0.1) is 22.3 Å². The van der Waals surface area contributed by atoms with Crippen LogP contribution in [0.5, 0.6) is 0 Å². The Morgan fingerprint density at radius 1 is 1.06 bits per heavy atom. The minimum absolute atomic E-state index is 0. The van der Waals surface area contributed by atoms with Gasteiger partial charge in [0.15, 0.2) is 17.3 Å². The second-order valence-electron chi connectivity index (χ2n) is 7.61. The maximum atomic E-state index is 13.4. The number of hydrogen-bond donors (Lipinski definition) is 3. The van der Waals surface area contributed by atoms with E-state index >= 15 is 0 Å². The summed E-state index contributed by atoms with van der Waals surface area (Å²) in [5.41, 5.74) is 9.67. The number of nitrogens with one attached hydrogen (secondary N) is 1. The highest BCUT2D eigenvalue weighted by molar-refractivity contribution is 6.31. The number of hydrogen-bond acceptors (Lipinski definition) is 7. The largest absolute Gasteiger partial charge is 0.444 e. The van der Waals surface area contributed by atoms with Gasteiger partial charge in [0.2, 0.25) is 0 Å². The number of amides is 1. The SMILES string of the molecule is C.CC(C)(C)OC(=O)NCc1nccc(Cl)c1F.N#Cc1nccc(Cl)c1F.NCCCCCN. The van der Waals surface area contributed by atoms with Crippen molar-refractivity contribution in [3.05, 3.63) is 57.6 Å². The summed E-state index contributed by atoms with van der Waals surface area (Å²) in [5, 5.41) is 10.5. The molecule has 12 heteroatoms. The Hall–Kier alpha value is -2.58. The van der Waals surface area contributed by atoms with Crippen molar-refractivity contribution in [3.63, 3.8) is 0 Å². The molecule has 196 valence electrons. The first kappa shape index (κ1) is 34.6. The Labute approximate surface area is 216 Å². The van der Waals surface area contributed by atoms with Crippen LogP contribution in [0.25, 0.3) is 0 Å². The number of nitriles is 1. The standard InChI is InChI=1S/C11H14ClFN2O2.C6H2ClFN2.C5H14N2.CH4/c1-11(2,3)17-10(16)15-6-8-9(13)7(12)4-5-14-8;7-4-1-2-10-5(3-9)6(4)8;6-4-2-1-3-5-7;/h4-5H,6H2,1-3H3,(H,15,16);1-2H;1-7H2;1H4. The van der Waals surface area contributed by atoms with Crippen LogP contribution in [0, 0.1) is 23.0 Å². The van der Waals surface area contributed by atoms with Gasteiger partial charge in [-0.15, -0.1) is 0 Å². The molecule has 0 aliphatic carbocycles. The highest BCUT2D eigenvalue weighted by Crippen LogP contribution is 2.16. The van der Waals surface area contributed by atoms with Crippen LogP contribution in [0.4, 0.5) is 13.6 Å². The summed E-state index contributed by atoms with van der Waals surface area (Å²) in [6.07, 6.45) is 5.46. The van der Waals surface area contributed by atoms with Gasteiger partial charge in [-0.05, 0) is 58.8 Å². The highest BCUT2D eigenvalue weighted by atomic mass is 35.5. The molecular formula is C23H34Cl2F2N6O2. The first-order chi connectivity index (χ1) is 16.0. The van der Waals surface area contributed by atoms with Crippen LogP contribution in [0.1, 0.15) is 58.8 Å². The second-order valence-corrected chi connectivity index (χ2v) is 8.43. The Morgan fingerprint density at radius 3 is 2.03 bits per heavy atom. The number of alkyl carbamates (subject to hydrolysis) is 1. The maximum absolute atomic E-state index is 13.4. The van der Waals surface area contributed by atoms with E-state index in [1.165, 1.54) is 30.9 Å². The first-order valence-corrected chi connectivity index (χ1v) is 11.1. The molecule has 0 radical (unpaired) electrons. The van der Waals surface area contributed by atoms with E-state index in [0.717, 1.165) is 25.9 Å². The zero-order valence-electron chi connectivity index (χ0n) is 19.4. The topological polar surface area (TPSA) is 140 Å². The third-order valence-electron chi connectivity index (χ3n) is 3.57. The van der Waals surface area contributed by atoms with Gasteiger partial charge in [0, 0.05) is 12.4 Å². The number of ether oxygens (including phenoxy) is 1. The number of nitrogens with zero attached hydrogens (tertiary/aromatic N) is 3. The Morgan fingerprint density at radius 2 is 1.57 bits per heavy atom. The van der Waals surface area contributed by atoms with Crippen molar-refractivity contribution in [2.24, 2.45) is 11.5 Å². The number of carbonyl (C=O) groups excluding carboxylic acids is 1. The van der Waals surface area contributed by atoms with E-state index in [1.807, 2.05) is 0 Å². The summed E-state index contributed by atoms with van der Waals surface area (Å²) in [7, 11) is 0. The summed E-state index contributed by atoms with van der Waals surface area (Å²) in [6.45, 7) is 6.77. The van der Waals surface area contributed by atoms with E-state index in [4.69, 9.17) is 44.7 Å². The number of pyridine rings is 2. The lowest BCUT2D eigenvalue weighted by molar-refractivity contribution is 0.0522. The van der Waals surface area contributed by atoms with Gasteiger partial charge in [-0.2, -0.15) is 5.26 Å². The quantitative estimate of drug-likeness (QED) is 0.423. The third kappa shape index (κ3) is 15.9. The van der Waals surface area contributed by atoms with Crippen LogP contribution in [-0.4, -0.2) is 34.8 Å². The van der Waals surface area contributed by atoms with Crippen LogP contribution >= 0.6 is 23.2 Å². The van der Waals surface area contributed by atoms with Gasteiger partial charge < -0.3 is 21.5 Å². The van der Waals surface area contributed by atoms with E-state index in [1.54, 1.807) is 26.8 Å². The van der Waals surface area contributed by atoms with Gasteiger partial charge in [0.1, 0.15) is 11.7 Å². The lowest BCUT2D eigenvalue weighted by Crippen LogP contribution is -2.32. The van der Waals surface area contributed by atoms with Gasteiger partial charge in [-0.3, -0.25) is 4.98 Å². The minimum atomic E-state index is -0.758. The lowest BCUT2D eigenvalue weighted by Gasteiger charge is -2.19. The zero-order valence-corrected chi connectivity index (χ0v) is 20.9. The third-order valence-corrected chi connectivity index (χ3v) is 4.15. The summed E-state index contributed by atoms with van der Waals surface area (Å²) in [4.78, 5) is 18.5. The molecule has 0 saturated carbocycles. The predicted octanol–water partition coefficient (Wildman–Crippen LogP) is 5.35. The summed E-state index contributed by atoms with van der Waals surface area (Å²) in [5.74, 6) is -1.39. The molecular weight excluding hydrogens is 501 g/mol. The van der Waals surface area contributed by atoms with Crippen LogP contribution in [0.3, 0.4) is 0 Å². The average molecular weight is 535 g/mol. The highest BCUT2D eigenvalue weighted by Gasteiger charge is 2.16. The van der Waals surface area contributed by atoms with Gasteiger partial charge in [-0.25, -0.2) is 18.6 Å². The maximum Gasteiger partial charge on any atom is 0.407 e.